The third-order valence-electron chi connectivity index (χ3n) is 26.3. The molecule has 0 bridgehead atoms. The van der Waals surface area contributed by atoms with Gasteiger partial charge in [-0.15, -0.1) is 0 Å². The molecule has 0 unspecified atom stereocenters. The van der Waals surface area contributed by atoms with Gasteiger partial charge in [0.15, 0.2) is 0 Å². The third-order valence-corrected chi connectivity index (χ3v) is 26.7. The average Bonchev–Trinajstić information content (AvgIpc) is 1.46. The van der Waals surface area contributed by atoms with Gasteiger partial charge < -0.3 is 10.0 Å². The molecular weight excluding hydrogens is 1590 g/mol. The van der Waals surface area contributed by atoms with E-state index in [1.54, 1.807) is 5.56 Å². The van der Waals surface area contributed by atoms with Crippen LogP contribution in [-0.2, 0) is 10.8 Å². The zero-order valence-electron chi connectivity index (χ0n) is 73.7. The van der Waals surface area contributed by atoms with Gasteiger partial charge in [0.25, 0.3) is 0 Å². The molecule has 126 heavy (non-hydrogen) atoms. The van der Waals surface area contributed by atoms with Crippen molar-refractivity contribution in [2.75, 3.05) is 0 Å². The summed E-state index contributed by atoms with van der Waals surface area (Å²) in [7, 11) is -1.41. The minimum absolute atomic E-state index is 0.0122. The lowest BCUT2D eigenvalue weighted by Gasteiger charge is -2.33. The van der Waals surface area contributed by atoms with Crippen molar-refractivity contribution in [1.29, 1.82) is 0 Å². The van der Waals surface area contributed by atoms with Gasteiger partial charge in [-0.1, -0.05) is 458 Å². The maximum Gasteiger partial charge on any atom is 0.488 e. The fourth-order valence-corrected chi connectivity index (χ4v) is 20.4. The topological polar surface area (TPSA) is 66.2 Å². The summed E-state index contributed by atoms with van der Waals surface area (Å²) in [6.45, 7) is 9.16. The minimum Gasteiger partial charge on any atom is -0.423 e. The molecule has 0 aliphatic heterocycles. The van der Waals surface area contributed by atoms with Gasteiger partial charge in [-0.2, -0.15) is 0 Å². The Labute approximate surface area is 758 Å². The van der Waals surface area contributed by atoms with E-state index in [2.05, 4.69) is 408 Å². The fraction of sp³-hybridized carbons (Fsp3) is 0.217. The van der Waals surface area contributed by atoms with Gasteiger partial charge in [-0.05, 0) is 223 Å². The molecule has 14 aromatic carbocycles. The smallest absolute Gasteiger partial charge is 0.423 e. The van der Waals surface area contributed by atoms with Gasteiger partial charge in [-0.25, -0.2) is 0 Å². The molecule has 2 aromatic heterocycles. The number of rotatable bonds is 32. The highest BCUT2D eigenvalue weighted by molar-refractivity contribution is 9.10. The molecule has 0 spiro atoms. The van der Waals surface area contributed by atoms with E-state index in [9.17, 15) is 10.0 Å². The molecule has 4 nitrogen and oxygen atoms in total. The van der Waals surface area contributed by atoms with Gasteiger partial charge >= 0.3 is 7.12 Å². The summed E-state index contributed by atoms with van der Waals surface area (Å²) in [6, 6.07) is 131. The van der Waals surface area contributed by atoms with Crippen molar-refractivity contribution in [2.45, 2.75) is 167 Å². The highest BCUT2D eigenvalue weighted by atomic mass is 79.9. The minimum atomic E-state index is -1.41. The van der Waals surface area contributed by atoms with Gasteiger partial charge in [0.1, 0.15) is 0 Å². The molecule has 18 rings (SSSR count). The second-order valence-electron chi connectivity index (χ2n) is 34.4. The maximum absolute atomic E-state index is 9.79. The van der Waals surface area contributed by atoms with Crippen LogP contribution in [0, 0.1) is 0 Å². The van der Waals surface area contributed by atoms with E-state index in [1.165, 1.54) is 244 Å². The van der Waals surface area contributed by atoms with Gasteiger partial charge in [0.05, 0.1) is 11.4 Å². The number of hydrogen-bond acceptors (Lipinski definition) is 4. The van der Waals surface area contributed by atoms with E-state index in [4.69, 9.17) is 9.97 Å². The Morgan fingerprint density at radius 2 is 0.524 bits per heavy atom. The van der Waals surface area contributed by atoms with Crippen LogP contribution in [-0.4, -0.2) is 27.1 Å². The Morgan fingerprint density at radius 3 is 0.857 bits per heavy atom. The largest absolute Gasteiger partial charge is 0.488 e. The van der Waals surface area contributed by atoms with Gasteiger partial charge in [0, 0.05) is 44.4 Å². The van der Waals surface area contributed by atoms with Crippen LogP contribution in [0.25, 0.3) is 145 Å². The molecule has 2 heterocycles. The quantitative estimate of drug-likeness (QED) is 0.0326. The zero-order valence-corrected chi connectivity index (χ0v) is 75.3. The Bertz CT molecular complexity index is 6180. The van der Waals surface area contributed by atoms with Crippen molar-refractivity contribution in [1.82, 2.24) is 9.97 Å². The predicted octanol–water partition coefficient (Wildman–Crippen LogP) is 33.0. The number of halogens is 1. The molecule has 0 saturated heterocycles. The molecule has 0 radical (unpaired) electrons. The molecule has 6 heteroatoms. The number of nitrogens with zero attached hydrogens (tertiary/aromatic N) is 2. The van der Waals surface area contributed by atoms with Crippen LogP contribution >= 0.6 is 15.9 Å². The van der Waals surface area contributed by atoms with Crippen LogP contribution < -0.4 is 5.46 Å². The fourth-order valence-electron chi connectivity index (χ4n) is 20.1. The number of fused-ring (bicyclic) bond motifs is 6. The van der Waals surface area contributed by atoms with E-state index in [-0.39, 0.29) is 10.8 Å². The zero-order chi connectivity index (χ0) is 86.4. The molecule has 2 aliphatic rings. The highest BCUT2D eigenvalue weighted by Crippen LogP contribution is 2.58. The van der Waals surface area contributed by atoms with E-state index in [1.807, 2.05) is 12.3 Å². The third kappa shape index (κ3) is 19.2. The standard InChI is InChI=1S/C60H57N.C35H24BrN.C25H35BO2/c1-3-5-7-23-39-60(40-24-8-6-4-2)54-34-22-21-33-50(54)51-37-35-48(41-55(51)60)49-36-38-56(61-43-49)53-42-52(44-25-13-9-14-26-44)57(45-27-15-10-16-28-45)59(47-31-19-12-20-32-47)58(53)46-29-17-11-18-30-46;36-29-21-22-32(37-24-29)31-23-30(25-13-5-1-6-14-25)33(26-15-7-2-8-16-26)35(28-19-11-4-12-20-28)34(31)27-17-9-3-10-18-27;1-3-5-7-11-17-25(18-12-8-6-4-2)23-14-10-9-13-21(23)22-16-15-20(26(27)28)19-24(22)25/h9-22,25-38,41-43H,3-8,23-24,39-40H2,1-2H3;1-24H;9-10,13-16,19,27-28H,3-8,11-12,17-18H2,1-2H3. The van der Waals surface area contributed by atoms with E-state index in [0.717, 1.165) is 51.0 Å². The van der Waals surface area contributed by atoms with Crippen molar-refractivity contribution in [3.8, 4) is 145 Å². The summed E-state index contributed by atoms with van der Waals surface area (Å²) < 4.78 is 0.963. The molecule has 16 aromatic rings. The highest BCUT2D eigenvalue weighted by Gasteiger charge is 2.44. The van der Waals surface area contributed by atoms with Crippen LogP contribution in [0.3, 0.4) is 0 Å². The molecule has 2 aliphatic carbocycles. The lowest BCUT2D eigenvalue weighted by atomic mass is 9.68. The monoisotopic (exact) mass is 1710 g/mol. The summed E-state index contributed by atoms with van der Waals surface area (Å²) in [5.74, 6) is 0. The van der Waals surface area contributed by atoms with Gasteiger partial charge in [-0.3, -0.25) is 9.97 Å². The summed E-state index contributed by atoms with van der Waals surface area (Å²) in [6.07, 6.45) is 29.0. The van der Waals surface area contributed by atoms with Crippen LogP contribution in [0.1, 0.15) is 178 Å². The molecule has 0 amide bonds. The number of aromatic nitrogens is 2. The predicted molar refractivity (Wildman–Crippen MR) is 540 cm³/mol. The maximum atomic E-state index is 9.79. The van der Waals surface area contributed by atoms with Crippen LogP contribution in [0.5, 0.6) is 0 Å². The summed E-state index contributed by atoms with van der Waals surface area (Å²) in [4.78, 5) is 10.3. The van der Waals surface area contributed by atoms with Crippen molar-refractivity contribution in [3.63, 3.8) is 0 Å². The Morgan fingerprint density at radius 1 is 0.230 bits per heavy atom. The normalized spacial score (nSPS) is 12.4. The first-order chi connectivity index (χ1) is 62.1. The van der Waals surface area contributed by atoms with Crippen LogP contribution in [0.4, 0.5) is 0 Å². The van der Waals surface area contributed by atoms with E-state index >= 15 is 0 Å². The Kier molecular flexibility index (Phi) is 29.3. The molecule has 2 N–H and O–H groups in total. The van der Waals surface area contributed by atoms with Crippen LogP contribution in [0.2, 0.25) is 0 Å². The average molecular weight is 1710 g/mol. The molecular formula is C120H116BBrN2O2. The first-order valence-corrected chi connectivity index (χ1v) is 47.2. The SMILES string of the molecule is Brc1ccc(-c2cc(-c3ccccc3)c(-c3ccccc3)c(-c3ccccc3)c2-c2ccccc2)nc1.CCCCCCC1(CCCCCC)c2ccccc2-c2ccc(-c3ccc(-c4cc(-c5ccccc5)c(-c5ccccc5)c(-c5ccccc5)c4-c4ccccc4)nc3)cc21.CCCCCCC1(CCCCCC)c2ccccc2-c2ccc(B(O)O)cc21. The second kappa shape index (κ2) is 42.2. The first kappa shape index (κ1) is 87.3. The Balaban J connectivity index is 0.000000153. The van der Waals surface area contributed by atoms with E-state index in [0.29, 0.717) is 5.46 Å². The van der Waals surface area contributed by atoms with Crippen LogP contribution in [0.15, 0.2) is 381 Å². The van der Waals surface area contributed by atoms with Crippen molar-refractivity contribution in [2.24, 2.45) is 0 Å². The molecule has 0 saturated carbocycles. The number of benzene rings is 14. The van der Waals surface area contributed by atoms with Crippen molar-refractivity contribution < 1.29 is 10.0 Å². The number of pyridine rings is 2. The van der Waals surface area contributed by atoms with E-state index < -0.39 is 7.12 Å². The lowest BCUT2D eigenvalue weighted by molar-refractivity contribution is 0.400. The van der Waals surface area contributed by atoms with Crippen molar-refractivity contribution >= 4 is 28.5 Å². The van der Waals surface area contributed by atoms with Gasteiger partial charge in [0.2, 0.25) is 0 Å². The number of unbranched alkanes of at least 4 members (excludes halogenated alkanes) is 12. The molecule has 628 valence electrons. The molecule has 0 atom stereocenters. The Hall–Kier alpha value is -12.2. The summed E-state index contributed by atoms with van der Waals surface area (Å²) >= 11 is 3.56. The summed E-state index contributed by atoms with van der Waals surface area (Å²) in [5, 5.41) is 19.6. The second-order valence-corrected chi connectivity index (χ2v) is 35.3. The van der Waals surface area contributed by atoms with Crippen molar-refractivity contribution in [3.05, 3.63) is 403 Å². The number of hydrogen-bond donors (Lipinski definition) is 2. The molecule has 0 fully saturated rings. The summed E-state index contributed by atoms with van der Waals surface area (Å²) in [5.41, 5.74) is 37.5. The first-order valence-electron chi connectivity index (χ1n) is 46.4. The lowest BCUT2D eigenvalue weighted by Crippen LogP contribution is -2.32.